The number of carbonyl (C=O) groups excluding carboxylic acids is 1. The topological polar surface area (TPSA) is 58.4 Å². The van der Waals surface area contributed by atoms with Gasteiger partial charge in [0.25, 0.3) is 0 Å². The minimum atomic E-state index is -0.551. The number of nitrogens with one attached hydrogen (secondary N) is 1. The summed E-state index contributed by atoms with van der Waals surface area (Å²) < 4.78 is 0. The van der Waals surface area contributed by atoms with Crippen molar-refractivity contribution in [2.75, 3.05) is 20.6 Å². The number of nitrogens with zero attached hydrogens (tertiary/aromatic N) is 1. The number of amides is 1. The van der Waals surface area contributed by atoms with Gasteiger partial charge in [-0.2, -0.15) is 0 Å². The molecule has 0 bridgehead atoms. The molecule has 3 N–H and O–H groups in total. The maximum absolute atomic E-state index is 11.8. The molecular formula is C11H19N3OS. The van der Waals surface area contributed by atoms with Crippen LogP contribution in [0, 0.1) is 0 Å². The van der Waals surface area contributed by atoms with Gasteiger partial charge in [0.1, 0.15) is 6.04 Å². The van der Waals surface area contributed by atoms with Gasteiger partial charge in [0.05, 0.1) is 0 Å². The molecule has 90 valence electrons. The number of rotatable bonds is 5. The lowest BCUT2D eigenvalue weighted by Gasteiger charge is -2.20. The zero-order valence-electron chi connectivity index (χ0n) is 9.93. The standard InChI is InChI=1S/C11H19N3OS/c1-8(7-14(2)3)13-11(15)10(12)9-5-4-6-16-9/h4-6,8,10H,7,12H2,1-3H3,(H,13,15). The van der Waals surface area contributed by atoms with E-state index in [1.807, 2.05) is 43.4 Å². The van der Waals surface area contributed by atoms with Crippen molar-refractivity contribution in [1.82, 2.24) is 10.2 Å². The minimum Gasteiger partial charge on any atom is -0.351 e. The highest BCUT2D eigenvalue weighted by molar-refractivity contribution is 7.10. The molecule has 2 unspecified atom stereocenters. The van der Waals surface area contributed by atoms with Crippen LogP contribution in [0.15, 0.2) is 17.5 Å². The summed E-state index contributed by atoms with van der Waals surface area (Å²) in [5, 5.41) is 4.82. The van der Waals surface area contributed by atoms with E-state index in [1.54, 1.807) is 0 Å². The van der Waals surface area contributed by atoms with Gasteiger partial charge < -0.3 is 16.0 Å². The lowest BCUT2D eigenvalue weighted by atomic mass is 10.2. The lowest BCUT2D eigenvalue weighted by Crippen LogP contribution is -2.43. The van der Waals surface area contributed by atoms with Crippen LogP contribution in [0.2, 0.25) is 0 Å². The summed E-state index contributed by atoms with van der Waals surface area (Å²) in [5.41, 5.74) is 5.85. The van der Waals surface area contributed by atoms with Crippen LogP contribution in [0.4, 0.5) is 0 Å². The van der Waals surface area contributed by atoms with Gasteiger partial charge in [-0.25, -0.2) is 0 Å². The van der Waals surface area contributed by atoms with Crippen LogP contribution in [0.3, 0.4) is 0 Å². The summed E-state index contributed by atoms with van der Waals surface area (Å²) in [6, 6.07) is 3.33. The third-order valence-corrected chi connectivity index (χ3v) is 3.12. The molecule has 1 rings (SSSR count). The second-order valence-electron chi connectivity index (χ2n) is 4.16. The molecule has 1 heterocycles. The average Bonchev–Trinajstić information content (AvgIpc) is 2.67. The first kappa shape index (κ1) is 13.2. The van der Waals surface area contributed by atoms with Gasteiger partial charge in [0, 0.05) is 17.5 Å². The van der Waals surface area contributed by atoms with Crippen molar-refractivity contribution < 1.29 is 4.79 Å². The summed E-state index contributed by atoms with van der Waals surface area (Å²) >= 11 is 1.50. The maximum atomic E-state index is 11.8. The van der Waals surface area contributed by atoms with Gasteiger partial charge in [0.15, 0.2) is 0 Å². The van der Waals surface area contributed by atoms with Gasteiger partial charge in [-0.05, 0) is 32.5 Å². The van der Waals surface area contributed by atoms with Crippen LogP contribution in [0.25, 0.3) is 0 Å². The highest BCUT2D eigenvalue weighted by Crippen LogP contribution is 2.16. The Morgan fingerprint density at radius 2 is 2.31 bits per heavy atom. The first-order valence-corrected chi connectivity index (χ1v) is 6.12. The van der Waals surface area contributed by atoms with Gasteiger partial charge >= 0.3 is 0 Å². The SMILES string of the molecule is CC(CN(C)C)NC(=O)C(N)c1cccs1. The van der Waals surface area contributed by atoms with Crippen molar-refractivity contribution >= 4 is 17.2 Å². The smallest absolute Gasteiger partial charge is 0.242 e. The monoisotopic (exact) mass is 241 g/mol. The van der Waals surface area contributed by atoms with Crippen molar-refractivity contribution in [3.05, 3.63) is 22.4 Å². The zero-order chi connectivity index (χ0) is 12.1. The highest BCUT2D eigenvalue weighted by atomic mass is 32.1. The van der Waals surface area contributed by atoms with E-state index in [-0.39, 0.29) is 11.9 Å². The molecule has 16 heavy (non-hydrogen) atoms. The molecule has 0 saturated carbocycles. The molecule has 1 amide bonds. The summed E-state index contributed by atoms with van der Waals surface area (Å²) in [6.45, 7) is 2.78. The Balaban J connectivity index is 2.46. The number of likely N-dealkylation sites (N-methyl/N-ethyl adjacent to an activating group) is 1. The van der Waals surface area contributed by atoms with Gasteiger partial charge in [0.2, 0.25) is 5.91 Å². The molecule has 0 spiro atoms. The average molecular weight is 241 g/mol. The molecule has 0 radical (unpaired) electrons. The molecule has 0 aromatic carbocycles. The molecule has 0 aliphatic rings. The van der Waals surface area contributed by atoms with Crippen LogP contribution in [0.1, 0.15) is 17.8 Å². The fourth-order valence-electron chi connectivity index (χ4n) is 1.52. The number of thiophene rings is 1. The van der Waals surface area contributed by atoms with Crippen LogP contribution in [-0.4, -0.2) is 37.5 Å². The Morgan fingerprint density at radius 1 is 1.62 bits per heavy atom. The molecule has 4 nitrogen and oxygen atoms in total. The largest absolute Gasteiger partial charge is 0.351 e. The number of carbonyl (C=O) groups is 1. The fourth-order valence-corrected chi connectivity index (χ4v) is 2.25. The Labute approximate surface area is 100 Å². The van der Waals surface area contributed by atoms with Crippen molar-refractivity contribution in [3.8, 4) is 0 Å². The third kappa shape index (κ3) is 3.92. The molecule has 1 aromatic heterocycles. The first-order valence-electron chi connectivity index (χ1n) is 5.24. The van der Waals surface area contributed by atoms with E-state index in [0.717, 1.165) is 11.4 Å². The van der Waals surface area contributed by atoms with Crippen LogP contribution in [-0.2, 0) is 4.79 Å². The second-order valence-corrected chi connectivity index (χ2v) is 5.14. The Bertz CT molecular complexity index is 324. The molecule has 0 aliphatic carbocycles. The van der Waals surface area contributed by atoms with Crippen molar-refractivity contribution in [2.24, 2.45) is 5.73 Å². The summed E-state index contributed by atoms with van der Waals surface area (Å²) in [6.07, 6.45) is 0. The van der Waals surface area contributed by atoms with E-state index < -0.39 is 6.04 Å². The quantitative estimate of drug-likeness (QED) is 0.802. The van der Waals surface area contributed by atoms with Gasteiger partial charge in [-0.15, -0.1) is 11.3 Å². The Kier molecular flexibility index (Phi) is 4.92. The summed E-state index contributed by atoms with van der Waals surface area (Å²) in [7, 11) is 3.95. The van der Waals surface area contributed by atoms with Crippen molar-refractivity contribution in [1.29, 1.82) is 0 Å². The third-order valence-electron chi connectivity index (χ3n) is 2.16. The molecule has 0 saturated heterocycles. The van der Waals surface area contributed by atoms with Crippen LogP contribution < -0.4 is 11.1 Å². The molecular weight excluding hydrogens is 222 g/mol. The predicted molar refractivity (Wildman–Crippen MR) is 67.4 cm³/mol. The van der Waals surface area contributed by atoms with Gasteiger partial charge in [-0.3, -0.25) is 4.79 Å². The molecule has 5 heteroatoms. The highest BCUT2D eigenvalue weighted by Gasteiger charge is 2.18. The van der Waals surface area contributed by atoms with Crippen LogP contribution in [0.5, 0.6) is 0 Å². The van der Waals surface area contributed by atoms with E-state index in [0.29, 0.717) is 0 Å². The summed E-state index contributed by atoms with van der Waals surface area (Å²) in [5.74, 6) is -0.114. The van der Waals surface area contributed by atoms with E-state index in [1.165, 1.54) is 11.3 Å². The molecule has 2 atom stereocenters. The molecule has 0 fully saturated rings. The molecule has 1 aromatic rings. The predicted octanol–water partition coefficient (Wildman–Crippen LogP) is 0.814. The fraction of sp³-hybridized carbons (Fsp3) is 0.545. The number of hydrogen-bond donors (Lipinski definition) is 2. The second kappa shape index (κ2) is 5.98. The van der Waals surface area contributed by atoms with E-state index in [9.17, 15) is 4.79 Å². The van der Waals surface area contributed by atoms with E-state index >= 15 is 0 Å². The summed E-state index contributed by atoms with van der Waals surface area (Å²) in [4.78, 5) is 14.7. The lowest BCUT2D eigenvalue weighted by molar-refractivity contribution is -0.123. The first-order chi connectivity index (χ1) is 7.50. The normalized spacial score (nSPS) is 14.8. The maximum Gasteiger partial charge on any atom is 0.242 e. The number of nitrogens with two attached hydrogens (primary N) is 1. The Hall–Kier alpha value is -0.910. The molecule has 0 aliphatic heterocycles. The zero-order valence-corrected chi connectivity index (χ0v) is 10.8. The van der Waals surface area contributed by atoms with Crippen molar-refractivity contribution in [3.63, 3.8) is 0 Å². The van der Waals surface area contributed by atoms with Gasteiger partial charge in [-0.1, -0.05) is 6.07 Å². The van der Waals surface area contributed by atoms with Crippen molar-refractivity contribution in [2.45, 2.75) is 19.0 Å². The number of hydrogen-bond acceptors (Lipinski definition) is 4. The van der Waals surface area contributed by atoms with Crippen LogP contribution >= 0.6 is 11.3 Å². The van der Waals surface area contributed by atoms with E-state index in [2.05, 4.69) is 5.32 Å². The Morgan fingerprint density at radius 3 is 2.81 bits per heavy atom. The van der Waals surface area contributed by atoms with E-state index in [4.69, 9.17) is 5.73 Å². The minimum absolute atomic E-state index is 0.105.